The molecule has 2 amide bonds. The smallest absolute Gasteiger partial charge is 0.329 e. The Kier molecular flexibility index (Phi) is 6.30. The van der Waals surface area contributed by atoms with Crippen molar-refractivity contribution in [3.05, 3.63) is 0 Å². The van der Waals surface area contributed by atoms with Crippen LogP contribution in [0.15, 0.2) is 0 Å². The zero-order chi connectivity index (χ0) is 15.2. The van der Waals surface area contributed by atoms with Crippen molar-refractivity contribution in [2.24, 2.45) is 5.92 Å². The number of carbonyl (C=O) groups excluding carboxylic acids is 1. The molecule has 0 bridgehead atoms. The second kappa shape index (κ2) is 7.50. The maximum absolute atomic E-state index is 12.0. The summed E-state index contributed by atoms with van der Waals surface area (Å²) in [6.45, 7) is 5.47. The van der Waals surface area contributed by atoms with Gasteiger partial charge in [-0.1, -0.05) is 32.6 Å². The lowest BCUT2D eigenvalue weighted by Crippen LogP contribution is -2.57. The van der Waals surface area contributed by atoms with Gasteiger partial charge in [-0.3, -0.25) is 0 Å². The van der Waals surface area contributed by atoms with Gasteiger partial charge in [0.2, 0.25) is 0 Å². The number of rotatable bonds is 6. The van der Waals surface area contributed by atoms with E-state index >= 15 is 0 Å². The third-order valence-electron chi connectivity index (χ3n) is 4.33. The van der Waals surface area contributed by atoms with Gasteiger partial charge in [0.05, 0.1) is 0 Å². The van der Waals surface area contributed by atoms with E-state index in [0.29, 0.717) is 18.8 Å². The number of hydrogen-bond acceptors (Lipinski definition) is 2. The van der Waals surface area contributed by atoms with Crippen LogP contribution in [0.3, 0.4) is 0 Å². The number of urea groups is 1. The van der Waals surface area contributed by atoms with Gasteiger partial charge >= 0.3 is 12.0 Å². The van der Waals surface area contributed by atoms with Crippen LogP contribution in [0.5, 0.6) is 0 Å². The second-order valence-electron chi connectivity index (χ2n) is 6.17. The number of amides is 2. The Morgan fingerprint density at radius 1 is 1.30 bits per heavy atom. The van der Waals surface area contributed by atoms with Gasteiger partial charge in [-0.05, 0) is 39.0 Å². The molecule has 116 valence electrons. The average Bonchev–Trinajstić information content (AvgIpc) is 2.39. The molecule has 3 N–H and O–H groups in total. The fourth-order valence-electron chi connectivity index (χ4n) is 2.97. The maximum Gasteiger partial charge on any atom is 0.329 e. The maximum atomic E-state index is 12.0. The molecule has 1 aliphatic rings. The zero-order valence-corrected chi connectivity index (χ0v) is 12.9. The first kappa shape index (κ1) is 16.8. The molecule has 0 aromatic heterocycles. The molecule has 0 heterocycles. The molecule has 0 radical (unpaired) electrons. The van der Waals surface area contributed by atoms with Crippen LogP contribution in [0.4, 0.5) is 4.79 Å². The average molecular weight is 284 g/mol. The summed E-state index contributed by atoms with van der Waals surface area (Å²) >= 11 is 0. The van der Waals surface area contributed by atoms with Crippen molar-refractivity contribution in [1.29, 1.82) is 0 Å². The van der Waals surface area contributed by atoms with Crippen LogP contribution in [0.2, 0.25) is 0 Å². The van der Waals surface area contributed by atoms with Crippen molar-refractivity contribution in [2.45, 2.75) is 77.3 Å². The molecule has 1 rings (SSSR count). The quantitative estimate of drug-likeness (QED) is 0.701. The van der Waals surface area contributed by atoms with E-state index < -0.39 is 11.5 Å². The Labute approximate surface area is 121 Å². The van der Waals surface area contributed by atoms with E-state index in [-0.39, 0.29) is 12.1 Å². The van der Waals surface area contributed by atoms with Crippen molar-refractivity contribution in [3.8, 4) is 0 Å². The molecule has 5 nitrogen and oxygen atoms in total. The van der Waals surface area contributed by atoms with Crippen molar-refractivity contribution >= 4 is 12.0 Å². The Hall–Kier alpha value is -1.26. The summed E-state index contributed by atoms with van der Waals surface area (Å²) in [5.41, 5.74) is -1.19. The van der Waals surface area contributed by atoms with E-state index in [4.69, 9.17) is 0 Å². The molecule has 1 fully saturated rings. The molecule has 5 heteroatoms. The van der Waals surface area contributed by atoms with Gasteiger partial charge in [-0.2, -0.15) is 0 Å². The number of aliphatic carboxylic acids is 1. The molecule has 20 heavy (non-hydrogen) atoms. The molecule has 0 aliphatic heterocycles. The van der Waals surface area contributed by atoms with Crippen LogP contribution in [0.1, 0.15) is 65.7 Å². The monoisotopic (exact) mass is 284 g/mol. The van der Waals surface area contributed by atoms with E-state index in [9.17, 15) is 14.7 Å². The third-order valence-corrected chi connectivity index (χ3v) is 4.33. The molecular weight excluding hydrogens is 256 g/mol. The lowest BCUT2D eigenvalue weighted by molar-refractivity contribution is -0.144. The number of carboxylic acid groups (broad SMARTS) is 1. The molecule has 1 aliphatic carbocycles. The Bertz CT molecular complexity index is 340. The van der Waals surface area contributed by atoms with Gasteiger partial charge in [-0.15, -0.1) is 0 Å². The normalized spacial score (nSPS) is 20.8. The molecule has 0 spiro atoms. The molecule has 1 saturated carbocycles. The Morgan fingerprint density at radius 2 is 1.90 bits per heavy atom. The van der Waals surface area contributed by atoms with Gasteiger partial charge in [0.15, 0.2) is 0 Å². The van der Waals surface area contributed by atoms with Gasteiger partial charge in [-0.25, -0.2) is 9.59 Å². The lowest BCUT2D eigenvalue weighted by Gasteiger charge is -2.31. The van der Waals surface area contributed by atoms with Gasteiger partial charge in [0.25, 0.3) is 0 Å². The van der Waals surface area contributed by atoms with Crippen molar-refractivity contribution in [1.82, 2.24) is 10.6 Å². The largest absolute Gasteiger partial charge is 0.480 e. The summed E-state index contributed by atoms with van der Waals surface area (Å²) in [5, 5.41) is 14.8. The molecular formula is C15H28N2O3. The number of carbonyl (C=O) groups is 2. The predicted molar refractivity (Wildman–Crippen MR) is 78.7 cm³/mol. The summed E-state index contributed by atoms with van der Waals surface area (Å²) in [7, 11) is 0. The second-order valence-corrected chi connectivity index (χ2v) is 6.17. The van der Waals surface area contributed by atoms with Crippen molar-refractivity contribution in [3.63, 3.8) is 0 Å². The van der Waals surface area contributed by atoms with E-state index in [2.05, 4.69) is 10.6 Å². The number of hydrogen-bond donors (Lipinski definition) is 3. The molecule has 2 unspecified atom stereocenters. The van der Waals surface area contributed by atoms with Gasteiger partial charge < -0.3 is 15.7 Å². The summed E-state index contributed by atoms with van der Waals surface area (Å²) in [5.74, 6) is -0.475. The van der Waals surface area contributed by atoms with Crippen LogP contribution in [-0.4, -0.2) is 28.7 Å². The topological polar surface area (TPSA) is 78.4 Å². The fourth-order valence-corrected chi connectivity index (χ4v) is 2.97. The molecule has 0 aromatic rings. The predicted octanol–water partition coefficient (Wildman–Crippen LogP) is 2.90. The summed E-state index contributed by atoms with van der Waals surface area (Å²) in [6, 6.07) is -0.281. The van der Waals surface area contributed by atoms with Crippen LogP contribution in [0, 0.1) is 5.92 Å². The zero-order valence-electron chi connectivity index (χ0n) is 12.9. The van der Waals surface area contributed by atoms with Crippen molar-refractivity contribution < 1.29 is 14.7 Å². The summed E-state index contributed by atoms with van der Waals surface area (Å²) in [6.07, 6.45) is 7.15. The van der Waals surface area contributed by atoms with E-state index in [0.717, 1.165) is 12.8 Å². The Balaban J connectivity index is 2.50. The number of nitrogens with one attached hydrogen (secondary N) is 2. The first-order chi connectivity index (χ1) is 9.39. The highest BCUT2D eigenvalue weighted by atomic mass is 16.4. The standard InChI is InChI=1S/C15H28N2O3/c1-4-10-15(3,13(18)19)17-14(20)16-11(2)12-8-6-5-7-9-12/h11-12H,4-10H2,1-3H3,(H,18,19)(H2,16,17,20). The fraction of sp³-hybridized carbons (Fsp3) is 0.867. The first-order valence-corrected chi connectivity index (χ1v) is 7.71. The van der Waals surface area contributed by atoms with E-state index in [1.807, 2.05) is 13.8 Å². The van der Waals surface area contributed by atoms with Crippen LogP contribution in [0.25, 0.3) is 0 Å². The highest BCUT2D eigenvalue weighted by molar-refractivity contribution is 5.85. The first-order valence-electron chi connectivity index (χ1n) is 7.71. The van der Waals surface area contributed by atoms with Gasteiger partial charge in [0.1, 0.15) is 5.54 Å². The minimum atomic E-state index is -1.19. The van der Waals surface area contributed by atoms with Gasteiger partial charge in [0, 0.05) is 6.04 Å². The highest BCUT2D eigenvalue weighted by Gasteiger charge is 2.34. The van der Waals surface area contributed by atoms with Crippen molar-refractivity contribution in [2.75, 3.05) is 0 Å². The van der Waals surface area contributed by atoms with E-state index in [1.54, 1.807) is 6.92 Å². The molecule has 2 atom stereocenters. The molecule has 0 aromatic carbocycles. The van der Waals surface area contributed by atoms with E-state index in [1.165, 1.54) is 19.3 Å². The minimum Gasteiger partial charge on any atom is -0.480 e. The lowest BCUT2D eigenvalue weighted by atomic mass is 9.84. The van der Waals surface area contributed by atoms with Crippen LogP contribution < -0.4 is 10.6 Å². The van der Waals surface area contributed by atoms with Crippen LogP contribution >= 0.6 is 0 Å². The number of carboxylic acids is 1. The third kappa shape index (κ3) is 4.69. The molecule has 0 saturated heterocycles. The Morgan fingerprint density at radius 3 is 2.40 bits per heavy atom. The summed E-state index contributed by atoms with van der Waals surface area (Å²) < 4.78 is 0. The SMILES string of the molecule is CCCC(C)(NC(=O)NC(C)C1CCCCC1)C(=O)O. The summed E-state index contributed by atoms with van der Waals surface area (Å²) in [4.78, 5) is 23.3. The minimum absolute atomic E-state index is 0.0926. The van der Waals surface area contributed by atoms with Crippen LogP contribution in [-0.2, 0) is 4.79 Å². The highest BCUT2D eigenvalue weighted by Crippen LogP contribution is 2.26.